The first-order chi connectivity index (χ1) is 18.4. The third kappa shape index (κ3) is 5.75. The van der Waals surface area contributed by atoms with Crippen LogP contribution in [-0.2, 0) is 13.0 Å². The third-order valence-electron chi connectivity index (χ3n) is 6.96. The second kappa shape index (κ2) is 12.1. The Morgan fingerprint density at radius 1 is 0.615 bits per heavy atom. The Hall–Kier alpha value is -1.67. The molecule has 7 heteroatoms. The van der Waals surface area contributed by atoms with Crippen LogP contribution in [0.3, 0.4) is 0 Å². The first-order valence-corrected chi connectivity index (χ1v) is 19.4. The standard InChI is InChI=1S/C27H36N2.C5H3ClN.2ClH.Pd/c1-18(2)22-11-9-12-23(19(3)4)26(22)28-15-16-29(17-28)27-24(20(5)6)13-10-14-25(27)21(7)8;6-5-2-1-3-7-4-5;;;/h9-16,18-21H,1-8H3;1-3H;2*1H;/q;;;;-1/p-2. The van der Waals surface area contributed by atoms with Crippen LogP contribution < -0.4 is 4.17 Å². The predicted molar refractivity (Wildman–Crippen MR) is 165 cm³/mol. The Balaban J connectivity index is 2.32. The zero-order chi connectivity index (χ0) is 28.6. The molecule has 0 amide bonds. The molecule has 0 N–H and O–H groups in total. The molecule has 216 valence electrons. The van der Waals surface area contributed by atoms with Gasteiger partial charge in [-0.05, 0) is 0 Å². The van der Waals surface area contributed by atoms with Crippen molar-refractivity contribution < 1.29 is 13.0 Å². The fourth-order valence-corrected chi connectivity index (χ4v) is 11.3. The molecule has 2 aromatic heterocycles. The molecule has 4 rings (SSSR count). The summed E-state index contributed by atoms with van der Waals surface area (Å²) in [6.07, 6.45) is 5.96. The van der Waals surface area contributed by atoms with Crippen LogP contribution in [-0.4, -0.2) is 14.1 Å². The summed E-state index contributed by atoms with van der Waals surface area (Å²) in [7, 11) is 15.2. The van der Waals surface area contributed by atoms with E-state index in [9.17, 15) is 0 Å². The maximum absolute atomic E-state index is 7.60. The summed E-state index contributed by atoms with van der Waals surface area (Å²) in [6, 6.07) is 16.8. The van der Waals surface area contributed by atoms with Crippen molar-refractivity contribution in [3.05, 3.63) is 98.3 Å². The first-order valence-electron chi connectivity index (χ1n) is 13.4. The molecule has 0 aliphatic carbocycles. The second-order valence-corrected chi connectivity index (χ2v) is 19.7. The summed E-state index contributed by atoms with van der Waals surface area (Å²) in [5.74, 6) is 1.22. The van der Waals surface area contributed by atoms with Gasteiger partial charge in [-0.2, -0.15) is 0 Å². The molecule has 0 saturated carbocycles. The second-order valence-electron chi connectivity index (χ2n) is 11.1. The van der Waals surface area contributed by atoms with Gasteiger partial charge in [0.15, 0.2) is 0 Å². The van der Waals surface area contributed by atoms with Crippen LogP contribution in [0.5, 0.6) is 0 Å². The fraction of sp³-hybridized carbons (Fsp3) is 0.375. The Morgan fingerprint density at radius 2 is 1.00 bits per heavy atom. The first kappa shape index (κ1) is 30.3. The van der Waals surface area contributed by atoms with Gasteiger partial charge < -0.3 is 0 Å². The van der Waals surface area contributed by atoms with Crippen molar-refractivity contribution in [2.45, 2.75) is 79.1 Å². The van der Waals surface area contributed by atoms with Crippen molar-refractivity contribution in [3.8, 4) is 11.4 Å². The van der Waals surface area contributed by atoms with E-state index in [1.54, 1.807) is 6.20 Å². The van der Waals surface area contributed by atoms with Gasteiger partial charge in [0.25, 0.3) is 0 Å². The quantitative estimate of drug-likeness (QED) is 0.179. The van der Waals surface area contributed by atoms with Crippen molar-refractivity contribution in [3.63, 3.8) is 0 Å². The SMILES string of the molecule is CC(C)c1cccc(C(C)C)c1-n1ccn(-c2c(C(C)C)cccc2C(C)C)[c]1=[Pd-3]([Cl])([Cl])[c]1ncccc1Cl. The molecule has 0 aliphatic rings. The average Bonchev–Trinajstić information content (AvgIpc) is 3.33. The molecule has 3 nitrogen and oxygen atoms in total. The van der Waals surface area contributed by atoms with Gasteiger partial charge in [0, 0.05) is 0 Å². The summed E-state index contributed by atoms with van der Waals surface area (Å²) >= 11 is 3.07. The zero-order valence-corrected chi connectivity index (χ0v) is 27.8. The van der Waals surface area contributed by atoms with E-state index in [0.717, 1.165) is 15.3 Å². The van der Waals surface area contributed by atoms with Crippen LogP contribution in [0, 0.1) is 3.89 Å². The normalized spacial score (nSPS) is 12.8. The van der Waals surface area contributed by atoms with Gasteiger partial charge in [-0.1, -0.05) is 0 Å². The molecule has 4 aromatic rings. The van der Waals surface area contributed by atoms with Gasteiger partial charge in [0.05, 0.1) is 0 Å². The number of nitrogens with zero attached hydrogens (tertiary/aromatic N) is 3. The summed E-state index contributed by atoms with van der Waals surface area (Å²) in [6.45, 7) is 17.8. The van der Waals surface area contributed by atoms with Gasteiger partial charge in [-0.15, -0.1) is 0 Å². The van der Waals surface area contributed by atoms with Crippen LogP contribution in [0.4, 0.5) is 0 Å². The minimum atomic E-state index is -3.66. The molecule has 0 fully saturated rings. The van der Waals surface area contributed by atoms with E-state index >= 15 is 0 Å². The van der Waals surface area contributed by atoms with Crippen LogP contribution in [0.2, 0.25) is 5.02 Å². The van der Waals surface area contributed by atoms with E-state index in [4.69, 9.17) is 30.7 Å². The van der Waals surface area contributed by atoms with E-state index in [0.29, 0.717) is 32.9 Å². The molecule has 0 aliphatic heterocycles. The number of hydrogen-bond donors (Lipinski definition) is 0. The van der Waals surface area contributed by atoms with Gasteiger partial charge in [0.2, 0.25) is 0 Å². The topological polar surface area (TPSA) is 22.8 Å². The molecular weight excluding hydrogens is 639 g/mol. The molecule has 0 spiro atoms. The Labute approximate surface area is 249 Å². The molecule has 0 bridgehead atoms. The Kier molecular flexibility index (Phi) is 9.37. The minimum absolute atomic E-state index is 0.304. The van der Waals surface area contributed by atoms with Crippen LogP contribution in [0.25, 0.3) is 11.4 Å². The molecule has 39 heavy (non-hydrogen) atoms. The maximum atomic E-state index is 7.60. The van der Waals surface area contributed by atoms with Gasteiger partial charge in [-0.3, -0.25) is 0 Å². The zero-order valence-electron chi connectivity index (χ0n) is 24.0. The van der Waals surface area contributed by atoms with Crippen molar-refractivity contribution in [2.75, 3.05) is 0 Å². The number of halogens is 3. The monoisotopic (exact) mass is 676 g/mol. The van der Waals surface area contributed by atoms with Crippen molar-refractivity contribution in [2.24, 2.45) is 0 Å². The molecule has 0 saturated heterocycles. The number of rotatable bonds is 7. The van der Waals surface area contributed by atoms with Crippen LogP contribution in [0.15, 0.2) is 67.1 Å². The van der Waals surface area contributed by atoms with E-state index in [1.807, 2.05) is 12.1 Å². The van der Waals surface area contributed by atoms with Crippen molar-refractivity contribution in [1.29, 1.82) is 0 Å². The molecular formula is C32H39Cl3N3Pd-3. The van der Waals surface area contributed by atoms with Crippen molar-refractivity contribution in [1.82, 2.24) is 14.1 Å². The number of aromatic nitrogens is 3. The summed E-state index contributed by atoms with van der Waals surface area (Å²) in [5.41, 5.74) is 7.27. The number of benzene rings is 2. The molecule has 0 atom stereocenters. The average molecular weight is 678 g/mol. The van der Waals surface area contributed by atoms with E-state index in [-0.39, 0.29) is 0 Å². The molecule has 2 aromatic carbocycles. The molecule has 2 heterocycles. The fourth-order valence-electron chi connectivity index (χ4n) is 5.02. The Morgan fingerprint density at radius 3 is 1.33 bits per heavy atom. The third-order valence-corrected chi connectivity index (χ3v) is 13.2. The molecule has 0 unspecified atom stereocenters. The van der Waals surface area contributed by atoms with Gasteiger partial charge >= 0.3 is 251 Å². The molecule has 0 radical (unpaired) electrons. The van der Waals surface area contributed by atoms with Crippen molar-refractivity contribution >= 4 is 34.8 Å². The number of pyridine rings is 1. The van der Waals surface area contributed by atoms with E-state index < -0.39 is 13.0 Å². The summed E-state index contributed by atoms with van der Waals surface area (Å²) in [4.78, 5) is 4.65. The number of hydrogen-bond acceptors (Lipinski definition) is 1. The van der Waals surface area contributed by atoms with Gasteiger partial charge in [-0.25, -0.2) is 0 Å². The van der Waals surface area contributed by atoms with E-state index in [1.165, 1.54) is 22.3 Å². The summed E-state index contributed by atoms with van der Waals surface area (Å²) < 4.78 is 5.85. The number of imidazole rings is 1. The summed E-state index contributed by atoms with van der Waals surface area (Å²) in [5, 5.41) is 0.487. The van der Waals surface area contributed by atoms with Gasteiger partial charge in [0.1, 0.15) is 0 Å². The van der Waals surface area contributed by atoms with E-state index in [2.05, 4.69) is 118 Å². The van der Waals surface area contributed by atoms with Crippen LogP contribution >= 0.6 is 30.7 Å². The predicted octanol–water partition coefficient (Wildman–Crippen LogP) is 10.1. The number of para-hydroxylation sites is 2. The Bertz CT molecular complexity index is 1440. The van der Waals surface area contributed by atoms with Crippen LogP contribution in [0.1, 0.15) is 101 Å².